The van der Waals surface area contributed by atoms with Gasteiger partial charge in [-0.15, -0.1) is 0 Å². The van der Waals surface area contributed by atoms with Gasteiger partial charge in [-0.3, -0.25) is 5.01 Å². The van der Waals surface area contributed by atoms with Gasteiger partial charge >= 0.3 is 0 Å². The van der Waals surface area contributed by atoms with E-state index >= 15 is 0 Å². The predicted molar refractivity (Wildman–Crippen MR) is 94.8 cm³/mol. The zero-order valence-electron chi connectivity index (χ0n) is 12.7. The SMILES string of the molecule is Oc1ccc(C=NN(Cc2ccccc2)c2ccccc2)cc1. The number of nitrogens with zero attached hydrogens (tertiary/aromatic N) is 2. The zero-order valence-corrected chi connectivity index (χ0v) is 12.7. The zero-order chi connectivity index (χ0) is 15.9. The number of phenols is 1. The molecule has 0 atom stereocenters. The van der Waals surface area contributed by atoms with Crippen molar-refractivity contribution in [1.82, 2.24) is 0 Å². The normalized spacial score (nSPS) is 10.8. The lowest BCUT2D eigenvalue weighted by Gasteiger charge is -2.19. The van der Waals surface area contributed by atoms with Crippen LogP contribution in [0, 0.1) is 0 Å². The van der Waals surface area contributed by atoms with Gasteiger partial charge in [0, 0.05) is 0 Å². The molecule has 0 aliphatic heterocycles. The average Bonchev–Trinajstić information content (AvgIpc) is 2.61. The molecule has 3 heteroatoms. The molecular weight excluding hydrogens is 284 g/mol. The van der Waals surface area contributed by atoms with Crippen LogP contribution >= 0.6 is 0 Å². The van der Waals surface area contributed by atoms with Crippen molar-refractivity contribution < 1.29 is 5.11 Å². The Labute approximate surface area is 136 Å². The summed E-state index contributed by atoms with van der Waals surface area (Å²) < 4.78 is 0. The Morgan fingerprint density at radius 3 is 2.04 bits per heavy atom. The van der Waals surface area contributed by atoms with E-state index in [4.69, 9.17) is 0 Å². The van der Waals surface area contributed by atoms with E-state index in [2.05, 4.69) is 17.2 Å². The Kier molecular flexibility index (Phi) is 4.69. The molecule has 3 nitrogen and oxygen atoms in total. The molecule has 0 saturated carbocycles. The fourth-order valence-electron chi connectivity index (χ4n) is 2.25. The van der Waals surface area contributed by atoms with Crippen LogP contribution in [0.15, 0.2) is 90.0 Å². The van der Waals surface area contributed by atoms with Gasteiger partial charge in [-0.2, -0.15) is 5.10 Å². The molecule has 3 aromatic rings. The number of hydrogen-bond donors (Lipinski definition) is 1. The van der Waals surface area contributed by atoms with Gasteiger partial charge in [0.2, 0.25) is 0 Å². The van der Waals surface area contributed by atoms with Gasteiger partial charge < -0.3 is 5.11 Å². The third-order valence-corrected chi connectivity index (χ3v) is 3.47. The van der Waals surface area contributed by atoms with Crippen LogP contribution in [0.3, 0.4) is 0 Å². The number of aromatic hydroxyl groups is 1. The Morgan fingerprint density at radius 2 is 1.39 bits per heavy atom. The van der Waals surface area contributed by atoms with Crippen LogP contribution in [0.5, 0.6) is 5.75 Å². The van der Waals surface area contributed by atoms with Crippen molar-refractivity contribution >= 4 is 11.9 Å². The van der Waals surface area contributed by atoms with Gasteiger partial charge in [-0.1, -0.05) is 48.5 Å². The summed E-state index contributed by atoms with van der Waals surface area (Å²) in [6, 6.07) is 27.3. The van der Waals surface area contributed by atoms with Crippen molar-refractivity contribution in [1.29, 1.82) is 0 Å². The summed E-state index contributed by atoms with van der Waals surface area (Å²) in [6.45, 7) is 0.694. The lowest BCUT2D eigenvalue weighted by molar-refractivity contribution is 0.475. The third-order valence-electron chi connectivity index (χ3n) is 3.47. The minimum absolute atomic E-state index is 0.256. The summed E-state index contributed by atoms with van der Waals surface area (Å²) in [4.78, 5) is 0. The van der Waals surface area contributed by atoms with Crippen molar-refractivity contribution in [2.24, 2.45) is 5.10 Å². The van der Waals surface area contributed by atoms with Crippen LogP contribution in [-0.2, 0) is 6.54 Å². The molecule has 0 spiro atoms. The maximum Gasteiger partial charge on any atom is 0.115 e. The van der Waals surface area contributed by atoms with E-state index < -0.39 is 0 Å². The molecule has 114 valence electrons. The maximum atomic E-state index is 9.35. The molecule has 0 unspecified atom stereocenters. The number of rotatable bonds is 5. The number of benzene rings is 3. The van der Waals surface area contributed by atoms with Gasteiger partial charge in [0.25, 0.3) is 0 Å². The first kappa shape index (κ1) is 14.9. The molecule has 0 aliphatic rings. The second-order valence-electron chi connectivity index (χ2n) is 5.21. The molecule has 3 aromatic carbocycles. The Morgan fingerprint density at radius 1 is 0.783 bits per heavy atom. The van der Waals surface area contributed by atoms with Crippen molar-refractivity contribution in [2.75, 3.05) is 5.01 Å². The van der Waals surface area contributed by atoms with Gasteiger partial charge in [0.15, 0.2) is 0 Å². The molecule has 0 heterocycles. The van der Waals surface area contributed by atoms with Gasteiger partial charge in [0.1, 0.15) is 5.75 Å². The predicted octanol–water partition coefficient (Wildman–Crippen LogP) is 4.43. The summed E-state index contributed by atoms with van der Waals surface area (Å²) in [5.74, 6) is 0.256. The molecule has 0 fully saturated rings. The minimum Gasteiger partial charge on any atom is -0.508 e. The van der Waals surface area contributed by atoms with E-state index in [1.165, 1.54) is 5.56 Å². The Bertz CT molecular complexity index is 753. The summed E-state index contributed by atoms with van der Waals surface area (Å²) in [6.07, 6.45) is 1.80. The van der Waals surface area contributed by atoms with Gasteiger partial charge in [-0.25, -0.2) is 0 Å². The highest BCUT2D eigenvalue weighted by atomic mass is 16.3. The van der Waals surface area contributed by atoms with E-state index in [0.29, 0.717) is 6.54 Å². The average molecular weight is 302 g/mol. The standard InChI is InChI=1S/C20H18N2O/c23-20-13-11-17(12-14-20)15-21-22(19-9-5-2-6-10-19)16-18-7-3-1-4-8-18/h1-15,23H,16H2. The Balaban J connectivity index is 1.84. The number of anilines is 1. The molecule has 0 radical (unpaired) electrons. The highest BCUT2D eigenvalue weighted by molar-refractivity contribution is 5.80. The molecule has 1 N–H and O–H groups in total. The van der Waals surface area contributed by atoms with Gasteiger partial charge in [0.05, 0.1) is 18.4 Å². The molecule has 0 bridgehead atoms. The summed E-state index contributed by atoms with van der Waals surface area (Å²) in [5, 5.41) is 15.9. The number of hydrazone groups is 1. The molecule has 0 aromatic heterocycles. The topological polar surface area (TPSA) is 35.8 Å². The summed E-state index contributed by atoms with van der Waals surface area (Å²) in [5.41, 5.74) is 3.17. The van der Waals surface area contributed by atoms with Gasteiger partial charge in [-0.05, 0) is 47.5 Å². The van der Waals surface area contributed by atoms with Crippen molar-refractivity contribution in [3.8, 4) is 5.75 Å². The second-order valence-corrected chi connectivity index (χ2v) is 5.21. The number of para-hydroxylation sites is 1. The largest absolute Gasteiger partial charge is 0.508 e. The van der Waals surface area contributed by atoms with Crippen molar-refractivity contribution in [3.63, 3.8) is 0 Å². The van der Waals surface area contributed by atoms with Crippen LogP contribution in [-0.4, -0.2) is 11.3 Å². The first-order chi connectivity index (χ1) is 11.3. The fourth-order valence-corrected chi connectivity index (χ4v) is 2.25. The number of phenolic OH excluding ortho intramolecular Hbond substituents is 1. The molecule has 3 rings (SSSR count). The molecule has 23 heavy (non-hydrogen) atoms. The smallest absolute Gasteiger partial charge is 0.115 e. The van der Waals surface area contributed by atoms with Crippen LogP contribution < -0.4 is 5.01 Å². The van der Waals surface area contributed by atoms with E-state index in [1.54, 1.807) is 18.3 Å². The fraction of sp³-hybridized carbons (Fsp3) is 0.0500. The van der Waals surface area contributed by atoms with E-state index in [0.717, 1.165) is 11.3 Å². The first-order valence-electron chi connectivity index (χ1n) is 7.51. The summed E-state index contributed by atoms with van der Waals surface area (Å²) >= 11 is 0. The van der Waals surface area contributed by atoms with Crippen molar-refractivity contribution in [3.05, 3.63) is 96.1 Å². The lowest BCUT2D eigenvalue weighted by atomic mass is 10.2. The van der Waals surface area contributed by atoms with E-state index in [9.17, 15) is 5.11 Å². The quantitative estimate of drug-likeness (QED) is 0.559. The van der Waals surface area contributed by atoms with Crippen LogP contribution in [0.25, 0.3) is 0 Å². The highest BCUT2D eigenvalue weighted by Gasteiger charge is 2.05. The van der Waals surface area contributed by atoms with E-state index in [1.807, 2.05) is 65.7 Å². The summed E-state index contributed by atoms with van der Waals surface area (Å²) in [7, 11) is 0. The third kappa shape index (κ3) is 4.20. The number of hydrogen-bond acceptors (Lipinski definition) is 3. The van der Waals surface area contributed by atoms with Crippen LogP contribution in [0.2, 0.25) is 0 Å². The Hall–Kier alpha value is -3.07. The van der Waals surface area contributed by atoms with Crippen molar-refractivity contribution in [2.45, 2.75) is 6.54 Å². The first-order valence-corrected chi connectivity index (χ1v) is 7.51. The van der Waals surface area contributed by atoms with Crippen LogP contribution in [0.1, 0.15) is 11.1 Å². The second kappa shape index (κ2) is 7.27. The van der Waals surface area contributed by atoms with E-state index in [-0.39, 0.29) is 5.75 Å². The molecule has 0 saturated heterocycles. The minimum atomic E-state index is 0.256. The van der Waals surface area contributed by atoms with Crippen LogP contribution in [0.4, 0.5) is 5.69 Å². The lowest BCUT2D eigenvalue weighted by Crippen LogP contribution is -2.15. The highest BCUT2D eigenvalue weighted by Crippen LogP contribution is 2.17. The molecular formula is C20H18N2O. The molecule has 0 aliphatic carbocycles. The maximum absolute atomic E-state index is 9.35. The molecule has 0 amide bonds. The monoisotopic (exact) mass is 302 g/mol.